The van der Waals surface area contributed by atoms with Gasteiger partial charge in [-0.25, -0.2) is 12.7 Å². The van der Waals surface area contributed by atoms with Crippen LogP contribution in [-0.4, -0.2) is 81.4 Å². The first kappa shape index (κ1) is 23.8. The van der Waals surface area contributed by atoms with Crippen molar-refractivity contribution in [2.45, 2.75) is 52.1 Å². The van der Waals surface area contributed by atoms with Crippen molar-refractivity contribution in [2.24, 2.45) is 10.9 Å². The predicted octanol–water partition coefficient (Wildman–Crippen LogP) is 1.91. The molecule has 2 rings (SSSR count). The molecule has 9 heteroatoms. The van der Waals surface area contributed by atoms with Crippen LogP contribution in [0.5, 0.6) is 0 Å². The number of thioether (sulfide) groups is 1. The molecule has 0 aromatic heterocycles. The molecule has 1 saturated carbocycles. The van der Waals surface area contributed by atoms with E-state index < -0.39 is 10.0 Å². The van der Waals surface area contributed by atoms with E-state index in [4.69, 9.17) is 4.74 Å². The normalized spacial score (nSPS) is 21.0. The van der Waals surface area contributed by atoms with Crippen LogP contribution in [0.2, 0.25) is 0 Å². The Kier molecular flexibility index (Phi) is 11.0. The lowest BCUT2D eigenvalue weighted by Gasteiger charge is -2.25. The topological polar surface area (TPSA) is 83.0 Å². The standard InChI is InChI=1S/C19H38N4O3S2/c1-3-20-19(21-10-9-18(26-4-2)17-7-5-6-8-17)22-11-16-28(24,25)23-12-14-27-15-13-23/h17-18H,3-16H2,1-2H3,(H2,20,21,22). The maximum absolute atomic E-state index is 12.4. The molecule has 1 saturated heterocycles. The molecule has 2 aliphatic rings. The minimum Gasteiger partial charge on any atom is -0.378 e. The highest BCUT2D eigenvalue weighted by Crippen LogP contribution is 2.30. The lowest BCUT2D eigenvalue weighted by Crippen LogP contribution is -2.44. The van der Waals surface area contributed by atoms with Crippen molar-refractivity contribution in [3.05, 3.63) is 0 Å². The zero-order valence-corrected chi connectivity index (χ0v) is 19.1. The molecule has 7 nitrogen and oxygen atoms in total. The van der Waals surface area contributed by atoms with Gasteiger partial charge in [0.25, 0.3) is 0 Å². The summed E-state index contributed by atoms with van der Waals surface area (Å²) >= 11 is 1.81. The molecule has 1 aliphatic carbocycles. The number of nitrogens with zero attached hydrogens (tertiary/aromatic N) is 2. The molecule has 0 amide bonds. The van der Waals surface area contributed by atoms with Crippen molar-refractivity contribution in [2.75, 3.05) is 56.6 Å². The van der Waals surface area contributed by atoms with Crippen molar-refractivity contribution in [1.29, 1.82) is 0 Å². The average Bonchev–Trinajstić information content (AvgIpc) is 3.22. The first-order chi connectivity index (χ1) is 13.6. The molecule has 0 aromatic carbocycles. The van der Waals surface area contributed by atoms with Gasteiger partial charge in [-0.2, -0.15) is 11.8 Å². The average molecular weight is 435 g/mol. The number of aliphatic imine (C=N–C) groups is 1. The number of guanidine groups is 1. The van der Waals surface area contributed by atoms with Crippen LogP contribution in [0.1, 0.15) is 46.0 Å². The van der Waals surface area contributed by atoms with E-state index in [9.17, 15) is 8.42 Å². The Hall–Kier alpha value is -0.510. The predicted molar refractivity (Wildman–Crippen MR) is 119 cm³/mol. The number of rotatable bonds is 11. The molecule has 1 heterocycles. The Morgan fingerprint density at radius 3 is 2.57 bits per heavy atom. The second-order valence-electron chi connectivity index (χ2n) is 7.34. The second-order valence-corrected chi connectivity index (χ2v) is 10.7. The van der Waals surface area contributed by atoms with Gasteiger partial charge >= 0.3 is 0 Å². The summed E-state index contributed by atoms with van der Waals surface area (Å²) in [6, 6.07) is 0. The Morgan fingerprint density at radius 1 is 1.21 bits per heavy atom. The molecule has 1 atom stereocenters. The van der Waals surface area contributed by atoms with Crippen LogP contribution in [-0.2, 0) is 14.8 Å². The zero-order valence-electron chi connectivity index (χ0n) is 17.5. The van der Waals surface area contributed by atoms with Gasteiger partial charge in [-0.05, 0) is 39.0 Å². The summed E-state index contributed by atoms with van der Waals surface area (Å²) in [5.74, 6) is 3.23. The lowest BCUT2D eigenvalue weighted by atomic mass is 9.98. The largest absolute Gasteiger partial charge is 0.378 e. The van der Waals surface area contributed by atoms with E-state index in [0.29, 0.717) is 38.1 Å². The first-order valence-electron chi connectivity index (χ1n) is 10.8. The van der Waals surface area contributed by atoms with Crippen LogP contribution in [0.15, 0.2) is 4.99 Å². The molecular weight excluding hydrogens is 396 g/mol. The number of nitrogens with one attached hydrogen (secondary N) is 2. The second kappa shape index (κ2) is 12.9. The highest BCUT2D eigenvalue weighted by Gasteiger charge is 2.25. The van der Waals surface area contributed by atoms with Crippen molar-refractivity contribution in [1.82, 2.24) is 14.9 Å². The van der Waals surface area contributed by atoms with Gasteiger partial charge in [0, 0.05) is 50.8 Å². The van der Waals surface area contributed by atoms with Crippen LogP contribution in [0.25, 0.3) is 0 Å². The Balaban J connectivity index is 1.78. The maximum atomic E-state index is 12.4. The van der Waals surface area contributed by atoms with E-state index in [2.05, 4.69) is 22.5 Å². The van der Waals surface area contributed by atoms with Gasteiger partial charge in [0.1, 0.15) is 0 Å². The Labute approximate surface area is 175 Å². The third kappa shape index (κ3) is 8.08. The molecular formula is C19H38N4O3S2. The van der Waals surface area contributed by atoms with Gasteiger partial charge in [0.15, 0.2) is 5.96 Å². The van der Waals surface area contributed by atoms with E-state index in [1.165, 1.54) is 25.7 Å². The third-order valence-corrected chi connectivity index (χ3v) is 8.16. The summed E-state index contributed by atoms with van der Waals surface area (Å²) < 4.78 is 32.5. The summed E-state index contributed by atoms with van der Waals surface area (Å²) in [6.07, 6.45) is 6.35. The zero-order chi connectivity index (χ0) is 20.2. The molecule has 0 aromatic rings. The number of ether oxygens (including phenoxy) is 1. The quantitative estimate of drug-likeness (QED) is 0.382. The van der Waals surface area contributed by atoms with E-state index in [0.717, 1.165) is 31.1 Å². The molecule has 28 heavy (non-hydrogen) atoms. The fraction of sp³-hybridized carbons (Fsp3) is 0.947. The SMILES string of the molecule is CCNC(=NCCC(OCC)C1CCCC1)NCCS(=O)(=O)N1CCSCC1. The summed E-state index contributed by atoms with van der Waals surface area (Å²) in [5, 5.41) is 6.39. The molecule has 0 spiro atoms. The van der Waals surface area contributed by atoms with E-state index in [1.54, 1.807) is 4.31 Å². The fourth-order valence-electron chi connectivity index (χ4n) is 3.90. The highest BCUT2D eigenvalue weighted by molar-refractivity contribution is 7.99. The van der Waals surface area contributed by atoms with Gasteiger partial charge in [-0.3, -0.25) is 4.99 Å². The van der Waals surface area contributed by atoms with Gasteiger partial charge in [-0.15, -0.1) is 0 Å². The molecule has 1 aliphatic heterocycles. The monoisotopic (exact) mass is 434 g/mol. The maximum Gasteiger partial charge on any atom is 0.215 e. The van der Waals surface area contributed by atoms with E-state index >= 15 is 0 Å². The van der Waals surface area contributed by atoms with Gasteiger partial charge in [0.2, 0.25) is 10.0 Å². The summed E-state index contributed by atoms with van der Waals surface area (Å²) in [4.78, 5) is 4.64. The lowest BCUT2D eigenvalue weighted by molar-refractivity contribution is 0.0177. The summed E-state index contributed by atoms with van der Waals surface area (Å²) in [5.41, 5.74) is 0. The van der Waals surface area contributed by atoms with Crippen LogP contribution < -0.4 is 10.6 Å². The molecule has 164 valence electrons. The molecule has 1 unspecified atom stereocenters. The van der Waals surface area contributed by atoms with Crippen LogP contribution >= 0.6 is 11.8 Å². The van der Waals surface area contributed by atoms with Crippen LogP contribution in [0, 0.1) is 5.92 Å². The van der Waals surface area contributed by atoms with Crippen molar-refractivity contribution >= 4 is 27.7 Å². The number of hydrogen-bond acceptors (Lipinski definition) is 5. The van der Waals surface area contributed by atoms with Crippen molar-refractivity contribution < 1.29 is 13.2 Å². The van der Waals surface area contributed by atoms with E-state index in [1.807, 2.05) is 18.7 Å². The van der Waals surface area contributed by atoms with Gasteiger partial charge in [0.05, 0.1) is 11.9 Å². The van der Waals surface area contributed by atoms with E-state index in [-0.39, 0.29) is 11.9 Å². The molecule has 0 bridgehead atoms. The fourth-order valence-corrected chi connectivity index (χ4v) is 6.39. The van der Waals surface area contributed by atoms with Gasteiger partial charge < -0.3 is 15.4 Å². The minimum atomic E-state index is -3.19. The van der Waals surface area contributed by atoms with Crippen molar-refractivity contribution in [3.63, 3.8) is 0 Å². The summed E-state index contributed by atoms with van der Waals surface area (Å²) in [7, 11) is -3.19. The minimum absolute atomic E-state index is 0.103. The van der Waals surface area contributed by atoms with Crippen molar-refractivity contribution in [3.8, 4) is 0 Å². The van der Waals surface area contributed by atoms with Crippen LogP contribution in [0.3, 0.4) is 0 Å². The Bertz CT molecular complexity index is 560. The summed E-state index contributed by atoms with van der Waals surface area (Å²) in [6.45, 7) is 7.87. The molecule has 2 N–H and O–H groups in total. The number of hydrogen-bond donors (Lipinski definition) is 2. The smallest absolute Gasteiger partial charge is 0.215 e. The highest BCUT2D eigenvalue weighted by atomic mass is 32.2. The number of sulfonamides is 1. The molecule has 0 radical (unpaired) electrons. The first-order valence-corrected chi connectivity index (χ1v) is 13.5. The Morgan fingerprint density at radius 2 is 1.93 bits per heavy atom. The van der Waals surface area contributed by atoms with Gasteiger partial charge in [-0.1, -0.05) is 12.8 Å². The van der Waals surface area contributed by atoms with Crippen LogP contribution in [0.4, 0.5) is 0 Å². The third-order valence-electron chi connectivity index (χ3n) is 5.35. The molecule has 2 fully saturated rings.